The van der Waals surface area contributed by atoms with E-state index in [-0.39, 0.29) is 5.91 Å². The lowest BCUT2D eigenvalue weighted by atomic mass is 10.2. The Kier molecular flexibility index (Phi) is 4.65. The Bertz CT molecular complexity index is 1000. The fourth-order valence-corrected chi connectivity index (χ4v) is 4.16. The van der Waals surface area contributed by atoms with E-state index in [1.165, 1.54) is 17.0 Å². The molecule has 25 heavy (non-hydrogen) atoms. The van der Waals surface area contributed by atoms with Gasteiger partial charge in [-0.3, -0.25) is 14.2 Å². The van der Waals surface area contributed by atoms with Gasteiger partial charge in [0.2, 0.25) is 0 Å². The van der Waals surface area contributed by atoms with E-state index in [1.807, 2.05) is 6.07 Å². The average Bonchev–Trinajstić information content (AvgIpc) is 2.83. The monoisotopic (exact) mass is 393 g/mol. The molecule has 0 saturated carbocycles. The third-order valence-corrected chi connectivity index (χ3v) is 5.55. The smallest absolute Gasteiger partial charge is 0.298 e. The van der Waals surface area contributed by atoms with Crippen LogP contribution in [-0.4, -0.2) is 28.3 Å². The maximum Gasteiger partial charge on any atom is 0.298 e. The SMILES string of the molecule is O=C1C(=Cc2ccc(O)c(S(=O)(=O)O)c2)SC(=S)N1c1ccccc1. The number of aromatic hydroxyl groups is 1. The lowest BCUT2D eigenvalue weighted by Crippen LogP contribution is -2.27. The van der Waals surface area contributed by atoms with Gasteiger partial charge in [-0.25, -0.2) is 0 Å². The molecule has 1 fully saturated rings. The summed E-state index contributed by atoms with van der Waals surface area (Å²) in [7, 11) is -4.57. The number of carbonyl (C=O) groups excluding carboxylic acids is 1. The van der Waals surface area contributed by atoms with Crippen molar-refractivity contribution >= 4 is 56.1 Å². The number of nitrogens with zero attached hydrogens (tertiary/aromatic N) is 1. The maximum absolute atomic E-state index is 12.6. The Balaban J connectivity index is 1.98. The predicted octanol–water partition coefficient (Wildman–Crippen LogP) is 3.04. The summed E-state index contributed by atoms with van der Waals surface area (Å²) < 4.78 is 32.0. The van der Waals surface area contributed by atoms with Gasteiger partial charge in [0, 0.05) is 0 Å². The van der Waals surface area contributed by atoms with Crippen LogP contribution in [0.4, 0.5) is 5.69 Å². The largest absolute Gasteiger partial charge is 0.506 e. The molecule has 0 atom stereocenters. The Labute approximate surface area is 153 Å². The molecule has 0 spiro atoms. The molecule has 1 saturated heterocycles. The van der Waals surface area contributed by atoms with Gasteiger partial charge >= 0.3 is 0 Å². The van der Waals surface area contributed by atoms with Crippen molar-refractivity contribution in [2.24, 2.45) is 0 Å². The van der Waals surface area contributed by atoms with E-state index < -0.39 is 20.8 Å². The quantitative estimate of drug-likeness (QED) is 0.470. The second-order valence-corrected chi connectivity index (χ2v) is 8.12. The number of amides is 1. The highest BCUT2D eigenvalue weighted by molar-refractivity contribution is 8.27. The molecule has 1 heterocycles. The molecule has 6 nitrogen and oxygen atoms in total. The van der Waals surface area contributed by atoms with Crippen LogP contribution in [0.1, 0.15) is 5.56 Å². The minimum Gasteiger partial charge on any atom is -0.506 e. The molecule has 0 unspecified atom stereocenters. The number of phenolic OH excluding ortho intramolecular Hbond substituents is 1. The van der Waals surface area contributed by atoms with Crippen LogP contribution >= 0.6 is 24.0 Å². The molecule has 1 aliphatic heterocycles. The standard InChI is InChI=1S/C16H11NO5S3/c18-12-7-6-10(9-14(12)25(20,21)22)8-13-15(19)17(16(23)24-13)11-4-2-1-3-5-11/h1-9,18H,(H,20,21,22). The van der Waals surface area contributed by atoms with Crippen molar-refractivity contribution in [2.75, 3.05) is 4.90 Å². The lowest BCUT2D eigenvalue weighted by molar-refractivity contribution is -0.113. The van der Waals surface area contributed by atoms with Crippen LogP contribution in [0.5, 0.6) is 5.75 Å². The van der Waals surface area contributed by atoms with E-state index in [4.69, 9.17) is 16.8 Å². The lowest BCUT2D eigenvalue weighted by Gasteiger charge is -2.13. The summed E-state index contributed by atoms with van der Waals surface area (Å²) in [5.41, 5.74) is 0.969. The summed E-state index contributed by atoms with van der Waals surface area (Å²) >= 11 is 6.33. The second-order valence-electron chi connectivity index (χ2n) is 5.05. The number of thiocarbonyl (C=S) groups is 1. The number of hydrogen-bond donors (Lipinski definition) is 2. The first kappa shape index (κ1) is 17.6. The van der Waals surface area contributed by atoms with Gasteiger partial charge in [0.15, 0.2) is 4.32 Å². The van der Waals surface area contributed by atoms with Crippen LogP contribution in [0.15, 0.2) is 58.3 Å². The van der Waals surface area contributed by atoms with Crippen molar-refractivity contribution in [3.63, 3.8) is 0 Å². The minimum absolute atomic E-state index is 0.306. The molecule has 2 N–H and O–H groups in total. The van der Waals surface area contributed by atoms with Gasteiger partial charge < -0.3 is 5.11 Å². The summed E-state index contributed by atoms with van der Waals surface area (Å²) in [6, 6.07) is 12.6. The first-order valence-corrected chi connectivity index (χ1v) is 9.57. The highest BCUT2D eigenvalue weighted by Gasteiger charge is 2.33. The minimum atomic E-state index is -4.57. The number of para-hydroxylation sites is 1. The normalized spacial score (nSPS) is 16.7. The number of thioether (sulfide) groups is 1. The van der Waals surface area contributed by atoms with E-state index in [0.717, 1.165) is 23.9 Å². The van der Waals surface area contributed by atoms with Gasteiger partial charge in [-0.1, -0.05) is 48.2 Å². The van der Waals surface area contributed by atoms with Gasteiger partial charge in [-0.05, 0) is 35.9 Å². The summed E-state index contributed by atoms with van der Waals surface area (Å²) in [5, 5.41) is 9.56. The Hall–Kier alpha value is -2.20. The molecule has 0 aliphatic carbocycles. The van der Waals surface area contributed by atoms with Crippen molar-refractivity contribution < 1.29 is 22.9 Å². The molecule has 0 bridgehead atoms. The van der Waals surface area contributed by atoms with Crippen molar-refractivity contribution in [2.45, 2.75) is 4.90 Å². The number of hydrogen-bond acceptors (Lipinski definition) is 6. The van der Waals surface area contributed by atoms with Gasteiger partial charge in [-0.2, -0.15) is 8.42 Å². The molecular weight excluding hydrogens is 382 g/mol. The summed E-state index contributed by atoms with van der Waals surface area (Å²) in [6.45, 7) is 0. The first-order valence-electron chi connectivity index (χ1n) is 6.91. The van der Waals surface area contributed by atoms with Gasteiger partial charge in [0.25, 0.3) is 16.0 Å². The zero-order valence-corrected chi connectivity index (χ0v) is 14.9. The number of rotatable bonds is 3. The summed E-state index contributed by atoms with van der Waals surface area (Å²) in [4.78, 5) is 13.7. The van der Waals surface area contributed by atoms with Crippen LogP contribution in [-0.2, 0) is 14.9 Å². The van der Waals surface area contributed by atoms with E-state index in [9.17, 15) is 18.3 Å². The first-order chi connectivity index (χ1) is 11.8. The molecule has 0 aromatic heterocycles. The van der Waals surface area contributed by atoms with Gasteiger partial charge in [0.1, 0.15) is 10.6 Å². The molecule has 1 aliphatic rings. The number of benzene rings is 2. The molecule has 2 aromatic carbocycles. The van der Waals surface area contributed by atoms with E-state index in [0.29, 0.717) is 20.5 Å². The highest BCUT2D eigenvalue weighted by atomic mass is 32.2. The summed E-state index contributed by atoms with van der Waals surface area (Å²) in [5.74, 6) is -0.904. The number of phenols is 1. The van der Waals surface area contributed by atoms with Crippen LogP contribution in [0, 0.1) is 0 Å². The molecule has 2 aromatic rings. The fourth-order valence-electron chi connectivity index (χ4n) is 2.25. The molecule has 1 amide bonds. The maximum atomic E-state index is 12.6. The Morgan fingerprint density at radius 2 is 1.80 bits per heavy atom. The molecule has 128 valence electrons. The topological polar surface area (TPSA) is 94.9 Å². The van der Waals surface area contributed by atoms with Crippen molar-refractivity contribution in [1.29, 1.82) is 0 Å². The number of carbonyl (C=O) groups is 1. The van der Waals surface area contributed by atoms with E-state index in [2.05, 4.69) is 0 Å². The van der Waals surface area contributed by atoms with Crippen molar-refractivity contribution in [3.8, 4) is 5.75 Å². The molecule has 0 radical (unpaired) electrons. The van der Waals surface area contributed by atoms with Crippen LogP contribution in [0.3, 0.4) is 0 Å². The zero-order valence-electron chi connectivity index (χ0n) is 12.5. The molecule has 3 rings (SSSR count). The third-order valence-electron chi connectivity index (χ3n) is 3.37. The van der Waals surface area contributed by atoms with Crippen LogP contribution < -0.4 is 4.90 Å². The van der Waals surface area contributed by atoms with Crippen LogP contribution in [0.25, 0.3) is 6.08 Å². The molecular formula is C16H11NO5S3. The number of anilines is 1. The third kappa shape index (κ3) is 3.59. The Morgan fingerprint density at radius 3 is 2.44 bits per heavy atom. The van der Waals surface area contributed by atoms with Gasteiger partial charge in [-0.15, -0.1) is 0 Å². The van der Waals surface area contributed by atoms with Crippen molar-refractivity contribution in [1.82, 2.24) is 0 Å². The zero-order chi connectivity index (χ0) is 18.2. The second kappa shape index (κ2) is 6.60. The average molecular weight is 393 g/mol. The van der Waals surface area contributed by atoms with Crippen molar-refractivity contribution in [3.05, 3.63) is 59.0 Å². The Morgan fingerprint density at radius 1 is 1.12 bits per heavy atom. The van der Waals surface area contributed by atoms with Crippen LogP contribution in [0.2, 0.25) is 0 Å². The fraction of sp³-hybridized carbons (Fsp3) is 0. The van der Waals surface area contributed by atoms with Gasteiger partial charge in [0.05, 0.1) is 10.6 Å². The summed E-state index contributed by atoms with van der Waals surface area (Å²) in [6.07, 6.45) is 1.45. The van der Waals surface area contributed by atoms with E-state index >= 15 is 0 Å². The highest BCUT2D eigenvalue weighted by Crippen LogP contribution is 2.36. The molecule has 9 heteroatoms. The van der Waals surface area contributed by atoms with E-state index in [1.54, 1.807) is 24.3 Å². The predicted molar refractivity (Wildman–Crippen MR) is 100 cm³/mol.